The molecule has 0 radical (unpaired) electrons. The van der Waals surface area contributed by atoms with Crippen molar-refractivity contribution in [3.8, 4) is 0 Å². The van der Waals surface area contributed by atoms with Crippen LogP contribution in [-0.4, -0.2) is 96.4 Å². The Bertz CT molecular complexity index is 1130. The molecule has 9 aliphatic rings. The predicted molar refractivity (Wildman–Crippen MR) is 161 cm³/mol. The number of alkyl halides is 4. The summed E-state index contributed by atoms with van der Waals surface area (Å²) in [7, 11) is 0. The fourth-order valence-corrected chi connectivity index (χ4v) is 11.9. The molecule has 22 atom stereocenters. The van der Waals surface area contributed by atoms with Gasteiger partial charge in [-0.3, -0.25) is 42.5 Å². The largest absolute Gasteiger partial charge is 0.390 e. The van der Waals surface area contributed by atoms with Crippen LogP contribution >= 0.6 is 0 Å². The Balaban J connectivity index is 1.09. The van der Waals surface area contributed by atoms with Gasteiger partial charge in [-0.25, -0.2) is 17.6 Å². The Labute approximate surface area is 268 Å². The lowest BCUT2D eigenvalue weighted by atomic mass is 9.73. The average molecular weight is 657 g/mol. The lowest BCUT2D eigenvalue weighted by Crippen LogP contribution is -2.62. The quantitative estimate of drug-likeness (QED) is 0.166. The molecular weight excluding hydrogens is 604 g/mol. The van der Waals surface area contributed by atoms with Gasteiger partial charge in [-0.1, -0.05) is 25.7 Å². The van der Waals surface area contributed by atoms with Gasteiger partial charge in [0.2, 0.25) is 0 Å². The predicted octanol–water partition coefficient (Wildman–Crippen LogP) is 0.339. The maximum absolute atomic E-state index is 15.8. The van der Waals surface area contributed by atoms with E-state index in [9.17, 15) is 19.0 Å². The summed E-state index contributed by atoms with van der Waals surface area (Å²) in [4.78, 5) is 0. The molecule has 10 N–H and O–H groups in total. The first-order chi connectivity index (χ1) is 22.3. The molecule has 5 aliphatic heterocycles. The molecule has 0 amide bonds. The summed E-state index contributed by atoms with van der Waals surface area (Å²) in [5.41, 5.74) is 0. The van der Waals surface area contributed by atoms with Crippen molar-refractivity contribution in [2.75, 3.05) is 0 Å². The van der Waals surface area contributed by atoms with Crippen molar-refractivity contribution >= 4 is 0 Å². The van der Waals surface area contributed by atoms with Crippen molar-refractivity contribution < 1.29 is 27.8 Å². The number of aliphatic hydroxyl groups is 2. The van der Waals surface area contributed by atoms with Crippen LogP contribution in [0.3, 0.4) is 0 Å². The zero-order valence-corrected chi connectivity index (χ0v) is 26.2. The molecule has 0 aromatic rings. The molecule has 0 aromatic heterocycles. The highest BCUT2D eigenvalue weighted by atomic mass is 19.2. The highest BCUT2D eigenvalue weighted by Crippen LogP contribution is 2.47. The number of nitrogens with one attached hydrogen (secondary N) is 8. The van der Waals surface area contributed by atoms with Crippen molar-refractivity contribution in [2.45, 2.75) is 150 Å². The molecule has 4 aliphatic carbocycles. The first-order valence-corrected chi connectivity index (χ1v) is 18.3. The third kappa shape index (κ3) is 4.86. The van der Waals surface area contributed by atoms with Crippen LogP contribution in [-0.2, 0) is 0 Å². The van der Waals surface area contributed by atoms with Crippen LogP contribution in [0.5, 0.6) is 0 Å². The molecule has 4 saturated carbocycles. The lowest BCUT2D eigenvalue weighted by molar-refractivity contribution is -0.0844. The van der Waals surface area contributed by atoms with Gasteiger partial charge < -0.3 is 10.2 Å². The molecule has 5 saturated heterocycles. The summed E-state index contributed by atoms with van der Waals surface area (Å²) in [6, 6.07) is 0. The zero-order chi connectivity index (χ0) is 31.4. The van der Waals surface area contributed by atoms with Crippen molar-refractivity contribution in [3.63, 3.8) is 0 Å². The van der Waals surface area contributed by atoms with Crippen LogP contribution in [0.15, 0.2) is 0 Å². The van der Waals surface area contributed by atoms with Crippen LogP contribution < -0.4 is 42.5 Å². The standard InChI is InChI=1S/C32H52F4N8O2/c33-20-18-19(21(34)23(36)22(20)35)32-43-30-17-15(9-10-16(45)24(17)46)29(42-30)40-27-12-6-2-1-5-11(12)25(38-27)37-26-13-7-3-4-8-14(13)28(39-26)41-31(18)44-32/h11-32,37-46H,1-10H2. The fourth-order valence-electron chi connectivity index (χ4n) is 11.9. The first kappa shape index (κ1) is 31.3. The number of fused-ring (bicyclic) bond motifs is 20. The van der Waals surface area contributed by atoms with E-state index in [-0.39, 0.29) is 42.7 Å². The molecule has 0 aromatic carbocycles. The van der Waals surface area contributed by atoms with Crippen LogP contribution in [0.4, 0.5) is 17.6 Å². The van der Waals surface area contributed by atoms with E-state index in [1.807, 2.05) is 0 Å². The van der Waals surface area contributed by atoms with Gasteiger partial charge in [-0.05, 0) is 68.1 Å². The summed E-state index contributed by atoms with van der Waals surface area (Å²) < 4.78 is 61.6. The number of aliphatic hydroxyl groups excluding tert-OH is 2. The second kappa shape index (κ2) is 12.0. The van der Waals surface area contributed by atoms with E-state index in [0.29, 0.717) is 30.6 Å². The maximum Gasteiger partial charge on any atom is 0.165 e. The van der Waals surface area contributed by atoms with Crippen molar-refractivity contribution in [1.29, 1.82) is 0 Å². The van der Waals surface area contributed by atoms with Crippen molar-refractivity contribution in [2.24, 2.45) is 47.3 Å². The summed E-state index contributed by atoms with van der Waals surface area (Å²) >= 11 is 0. The third-order valence-electron chi connectivity index (χ3n) is 14.1. The first-order valence-electron chi connectivity index (χ1n) is 18.3. The fraction of sp³-hybridized carbons (Fsp3) is 1.00. The Morgan fingerprint density at radius 1 is 0.348 bits per heavy atom. The topological polar surface area (TPSA) is 137 Å². The summed E-state index contributed by atoms with van der Waals surface area (Å²) in [5, 5.41) is 51.6. The molecule has 260 valence electrons. The Hall–Kier alpha value is -0.680. The Morgan fingerprint density at radius 3 is 1.09 bits per heavy atom. The second-order valence-electron chi connectivity index (χ2n) is 16.2. The van der Waals surface area contributed by atoms with Crippen LogP contribution in [0, 0.1) is 47.3 Å². The lowest BCUT2D eigenvalue weighted by Gasteiger charge is -2.41. The molecule has 22 unspecified atom stereocenters. The van der Waals surface area contributed by atoms with Crippen LogP contribution in [0.1, 0.15) is 64.2 Å². The van der Waals surface area contributed by atoms with E-state index >= 15 is 8.78 Å². The number of hydrogen-bond acceptors (Lipinski definition) is 10. The molecule has 10 nitrogen and oxygen atoms in total. The van der Waals surface area contributed by atoms with E-state index < -0.39 is 73.1 Å². The van der Waals surface area contributed by atoms with Crippen molar-refractivity contribution in [1.82, 2.24) is 42.5 Å². The minimum Gasteiger partial charge on any atom is -0.390 e. The summed E-state index contributed by atoms with van der Waals surface area (Å²) in [6.07, 6.45) is -3.71. The van der Waals surface area contributed by atoms with Gasteiger partial charge in [0.05, 0.1) is 61.5 Å². The van der Waals surface area contributed by atoms with Gasteiger partial charge in [0.15, 0.2) is 12.3 Å². The molecule has 9 fully saturated rings. The van der Waals surface area contributed by atoms with Gasteiger partial charge in [0.25, 0.3) is 0 Å². The summed E-state index contributed by atoms with van der Waals surface area (Å²) in [6.45, 7) is 0. The molecule has 5 heterocycles. The second-order valence-corrected chi connectivity index (χ2v) is 16.2. The molecule has 0 spiro atoms. The molecule has 8 bridgehead atoms. The molecule has 9 rings (SSSR count). The highest BCUT2D eigenvalue weighted by Gasteiger charge is 2.63. The highest BCUT2D eigenvalue weighted by molar-refractivity contribution is 5.14. The van der Waals surface area contributed by atoms with Gasteiger partial charge >= 0.3 is 0 Å². The zero-order valence-electron chi connectivity index (χ0n) is 26.2. The third-order valence-corrected chi connectivity index (χ3v) is 14.1. The number of hydrogen-bond donors (Lipinski definition) is 10. The SMILES string of the molecule is OC1CCC2C3NC4NC(NC5NC(NC6NC(NC(N3)C2C1O)C1C(F)C(F)C(F)C(F)C61)C1CCCCC51)C1CCCCC41. The Morgan fingerprint density at radius 2 is 0.674 bits per heavy atom. The normalized spacial score (nSPS) is 61.4. The average Bonchev–Trinajstić information content (AvgIpc) is 3.79. The van der Waals surface area contributed by atoms with Gasteiger partial charge in [0, 0.05) is 17.8 Å². The molecule has 46 heavy (non-hydrogen) atoms. The van der Waals surface area contributed by atoms with Crippen LogP contribution in [0.25, 0.3) is 0 Å². The smallest absolute Gasteiger partial charge is 0.165 e. The summed E-state index contributed by atoms with van der Waals surface area (Å²) in [5.74, 6) is -1.20. The number of halogens is 4. The minimum atomic E-state index is -2.55. The van der Waals surface area contributed by atoms with Gasteiger partial charge in [0.1, 0.15) is 12.3 Å². The van der Waals surface area contributed by atoms with E-state index in [2.05, 4.69) is 42.5 Å². The van der Waals surface area contributed by atoms with E-state index in [1.54, 1.807) is 0 Å². The maximum atomic E-state index is 15.8. The molecule has 14 heteroatoms. The van der Waals surface area contributed by atoms with E-state index in [0.717, 1.165) is 38.5 Å². The molecular formula is C32H52F4N8O2. The van der Waals surface area contributed by atoms with Gasteiger partial charge in [-0.15, -0.1) is 0 Å². The number of rotatable bonds is 0. The monoisotopic (exact) mass is 656 g/mol. The van der Waals surface area contributed by atoms with E-state index in [1.165, 1.54) is 12.8 Å². The Kier molecular flexibility index (Phi) is 8.16. The van der Waals surface area contributed by atoms with Gasteiger partial charge in [-0.2, -0.15) is 0 Å². The van der Waals surface area contributed by atoms with Crippen molar-refractivity contribution in [3.05, 3.63) is 0 Å². The van der Waals surface area contributed by atoms with Crippen LogP contribution in [0.2, 0.25) is 0 Å². The van der Waals surface area contributed by atoms with E-state index in [4.69, 9.17) is 0 Å². The minimum absolute atomic E-state index is 0.0274.